The summed E-state index contributed by atoms with van der Waals surface area (Å²) in [6.07, 6.45) is 9.90. The molecule has 1 heterocycles. The molecule has 0 amide bonds. The highest BCUT2D eigenvalue weighted by molar-refractivity contribution is 4.89. The third-order valence-corrected chi connectivity index (χ3v) is 5.24. The minimum atomic E-state index is 0.786. The van der Waals surface area contributed by atoms with Gasteiger partial charge < -0.3 is 5.32 Å². The Labute approximate surface area is 114 Å². The number of rotatable bonds is 5. The maximum Gasteiger partial charge on any atom is 0.0107 e. The first-order chi connectivity index (χ1) is 8.76. The quantitative estimate of drug-likeness (QED) is 0.806. The summed E-state index contributed by atoms with van der Waals surface area (Å²) in [4.78, 5) is 2.82. The fourth-order valence-corrected chi connectivity index (χ4v) is 4.12. The molecule has 2 heteroatoms. The molecule has 1 saturated heterocycles. The molecule has 106 valence electrons. The first-order valence-electron chi connectivity index (χ1n) is 8.25. The van der Waals surface area contributed by atoms with Gasteiger partial charge in [0.15, 0.2) is 0 Å². The molecule has 18 heavy (non-hydrogen) atoms. The molecule has 2 aliphatic rings. The van der Waals surface area contributed by atoms with E-state index in [1.807, 2.05) is 0 Å². The van der Waals surface area contributed by atoms with Crippen molar-refractivity contribution in [3.8, 4) is 0 Å². The molecule has 2 rings (SSSR count). The Hall–Kier alpha value is -0.0800. The highest BCUT2D eigenvalue weighted by Crippen LogP contribution is 2.31. The minimum Gasteiger partial charge on any atom is -0.314 e. The van der Waals surface area contributed by atoms with Crippen LogP contribution in [-0.4, -0.2) is 36.1 Å². The summed E-state index contributed by atoms with van der Waals surface area (Å²) in [6, 6.07) is 2.47. The maximum absolute atomic E-state index is 3.73. The van der Waals surface area contributed by atoms with E-state index >= 15 is 0 Å². The number of nitrogens with one attached hydrogen (secondary N) is 1. The molecule has 0 aromatic rings. The summed E-state index contributed by atoms with van der Waals surface area (Å²) in [5.74, 6) is 0.897. The second-order valence-corrected chi connectivity index (χ2v) is 6.39. The van der Waals surface area contributed by atoms with E-state index in [2.05, 4.69) is 31.0 Å². The zero-order valence-electron chi connectivity index (χ0n) is 12.6. The predicted octanol–water partition coefficient (Wildman–Crippen LogP) is 3.42. The van der Waals surface area contributed by atoms with Gasteiger partial charge >= 0.3 is 0 Å². The molecule has 0 radical (unpaired) electrons. The van der Waals surface area contributed by atoms with Gasteiger partial charge in [-0.25, -0.2) is 0 Å². The smallest absolute Gasteiger partial charge is 0.0107 e. The largest absolute Gasteiger partial charge is 0.314 e. The Morgan fingerprint density at radius 1 is 1.06 bits per heavy atom. The molecule has 4 atom stereocenters. The SMILES string of the molecule is CCNC1CCCCC1CN1C(C)CCC1CC. The van der Waals surface area contributed by atoms with Crippen molar-refractivity contribution >= 4 is 0 Å². The van der Waals surface area contributed by atoms with Crippen molar-refractivity contribution in [2.24, 2.45) is 5.92 Å². The van der Waals surface area contributed by atoms with E-state index in [1.54, 1.807) is 0 Å². The summed E-state index contributed by atoms with van der Waals surface area (Å²) in [5.41, 5.74) is 0. The van der Waals surface area contributed by atoms with E-state index in [-0.39, 0.29) is 0 Å². The van der Waals surface area contributed by atoms with Crippen LogP contribution in [0, 0.1) is 5.92 Å². The lowest BCUT2D eigenvalue weighted by atomic mass is 9.83. The minimum absolute atomic E-state index is 0.786. The summed E-state index contributed by atoms with van der Waals surface area (Å²) in [7, 11) is 0. The molecular formula is C16H32N2. The van der Waals surface area contributed by atoms with Crippen LogP contribution in [0.2, 0.25) is 0 Å². The molecule has 4 unspecified atom stereocenters. The van der Waals surface area contributed by atoms with Gasteiger partial charge in [0, 0.05) is 24.7 Å². The normalized spacial score (nSPS) is 38.2. The molecule has 0 bridgehead atoms. The van der Waals surface area contributed by atoms with Crippen LogP contribution < -0.4 is 5.32 Å². The van der Waals surface area contributed by atoms with Crippen LogP contribution in [0.15, 0.2) is 0 Å². The Balaban J connectivity index is 1.93. The molecule has 2 nitrogen and oxygen atoms in total. The lowest BCUT2D eigenvalue weighted by Gasteiger charge is -2.38. The summed E-state index contributed by atoms with van der Waals surface area (Å²) >= 11 is 0. The Morgan fingerprint density at radius 2 is 1.83 bits per heavy atom. The van der Waals surface area contributed by atoms with Gasteiger partial charge in [0.2, 0.25) is 0 Å². The number of likely N-dealkylation sites (tertiary alicyclic amines) is 1. The molecule has 0 spiro atoms. The molecule has 1 aliphatic heterocycles. The van der Waals surface area contributed by atoms with Gasteiger partial charge in [0.05, 0.1) is 0 Å². The summed E-state index contributed by atoms with van der Waals surface area (Å²) in [6.45, 7) is 9.52. The first-order valence-corrected chi connectivity index (χ1v) is 8.25. The fraction of sp³-hybridized carbons (Fsp3) is 1.00. The van der Waals surface area contributed by atoms with E-state index in [4.69, 9.17) is 0 Å². The van der Waals surface area contributed by atoms with Gasteiger partial charge in [-0.15, -0.1) is 0 Å². The van der Waals surface area contributed by atoms with Crippen molar-refractivity contribution in [1.82, 2.24) is 10.2 Å². The van der Waals surface area contributed by atoms with Crippen molar-refractivity contribution in [2.75, 3.05) is 13.1 Å². The van der Waals surface area contributed by atoms with Crippen LogP contribution in [0.1, 0.15) is 65.7 Å². The monoisotopic (exact) mass is 252 g/mol. The van der Waals surface area contributed by atoms with Gasteiger partial charge in [-0.1, -0.05) is 26.7 Å². The zero-order valence-corrected chi connectivity index (χ0v) is 12.6. The molecule has 2 fully saturated rings. The molecule has 1 saturated carbocycles. The average molecular weight is 252 g/mol. The third-order valence-electron chi connectivity index (χ3n) is 5.24. The second-order valence-electron chi connectivity index (χ2n) is 6.39. The zero-order chi connectivity index (χ0) is 13.0. The summed E-state index contributed by atoms with van der Waals surface area (Å²) < 4.78 is 0. The molecule has 1 aliphatic carbocycles. The average Bonchev–Trinajstić information content (AvgIpc) is 2.73. The predicted molar refractivity (Wildman–Crippen MR) is 78.9 cm³/mol. The number of nitrogens with zero attached hydrogens (tertiary/aromatic N) is 1. The van der Waals surface area contributed by atoms with Crippen molar-refractivity contribution in [1.29, 1.82) is 0 Å². The van der Waals surface area contributed by atoms with Gasteiger partial charge in [0.25, 0.3) is 0 Å². The van der Waals surface area contributed by atoms with Crippen LogP contribution in [0.5, 0.6) is 0 Å². The first kappa shape index (κ1) is 14.3. The van der Waals surface area contributed by atoms with Crippen molar-refractivity contribution in [3.05, 3.63) is 0 Å². The highest BCUT2D eigenvalue weighted by atomic mass is 15.2. The van der Waals surface area contributed by atoms with Crippen molar-refractivity contribution in [2.45, 2.75) is 83.8 Å². The van der Waals surface area contributed by atoms with Crippen LogP contribution >= 0.6 is 0 Å². The van der Waals surface area contributed by atoms with Gasteiger partial charge in [-0.2, -0.15) is 0 Å². The lowest BCUT2D eigenvalue weighted by molar-refractivity contribution is 0.128. The van der Waals surface area contributed by atoms with E-state index in [0.717, 1.165) is 30.6 Å². The number of hydrogen-bond donors (Lipinski definition) is 1. The van der Waals surface area contributed by atoms with Gasteiger partial charge in [-0.05, 0) is 51.5 Å². The number of hydrogen-bond acceptors (Lipinski definition) is 2. The Kier molecular flexibility index (Phi) is 5.50. The molecule has 1 N–H and O–H groups in total. The van der Waals surface area contributed by atoms with Crippen molar-refractivity contribution < 1.29 is 0 Å². The van der Waals surface area contributed by atoms with Gasteiger partial charge in [-0.3, -0.25) is 4.90 Å². The Morgan fingerprint density at radius 3 is 2.56 bits per heavy atom. The van der Waals surface area contributed by atoms with Crippen molar-refractivity contribution in [3.63, 3.8) is 0 Å². The van der Waals surface area contributed by atoms with E-state index in [0.29, 0.717) is 0 Å². The molecule has 0 aromatic heterocycles. The van der Waals surface area contributed by atoms with Crippen LogP contribution in [0.4, 0.5) is 0 Å². The molecular weight excluding hydrogens is 220 g/mol. The van der Waals surface area contributed by atoms with E-state index < -0.39 is 0 Å². The second kappa shape index (κ2) is 6.91. The lowest BCUT2D eigenvalue weighted by Crippen LogP contribution is -2.46. The highest BCUT2D eigenvalue weighted by Gasteiger charge is 2.33. The maximum atomic E-state index is 3.73. The van der Waals surface area contributed by atoms with Crippen LogP contribution in [-0.2, 0) is 0 Å². The summed E-state index contributed by atoms with van der Waals surface area (Å²) in [5, 5.41) is 3.73. The van der Waals surface area contributed by atoms with Crippen LogP contribution in [0.3, 0.4) is 0 Å². The third kappa shape index (κ3) is 3.27. The van der Waals surface area contributed by atoms with Crippen LogP contribution in [0.25, 0.3) is 0 Å². The topological polar surface area (TPSA) is 15.3 Å². The molecule has 0 aromatic carbocycles. The van der Waals surface area contributed by atoms with E-state index in [1.165, 1.54) is 51.5 Å². The Bertz CT molecular complexity index is 239. The fourth-order valence-electron chi connectivity index (χ4n) is 4.12. The standard InChI is InChI=1S/C16H32N2/c1-4-15-11-10-13(3)18(15)12-14-8-6-7-9-16(14)17-5-2/h13-17H,4-12H2,1-3H3. The van der Waals surface area contributed by atoms with E-state index in [9.17, 15) is 0 Å². The van der Waals surface area contributed by atoms with Gasteiger partial charge in [0.1, 0.15) is 0 Å².